The Kier molecular flexibility index (Phi) is 9.49. The molecule has 1 saturated heterocycles. The van der Waals surface area contributed by atoms with Crippen molar-refractivity contribution in [1.82, 2.24) is 29.7 Å². The number of anilines is 2. The van der Waals surface area contributed by atoms with Crippen LogP contribution in [0.1, 0.15) is 6.42 Å². The quantitative estimate of drug-likeness (QED) is 0.150. The summed E-state index contributed by atoms with van der Waals surface area (Å²) in [5, 5.41) is 3.86. The third-order valence-corrected chi connectivity index (χ3v) is 8.71. The number of likely N-dealkylation sites (N-methyl/N-ethyl adjacent to an activating group) is 1. The largest absolute Gasteiger partial charge is 0.493 e. The van der Waals surface area contributed by atoms with E-state index in [0.29, 0.717) is 51.3 Å². The van der Waals surface area contributed by atoms with Crippen molar-refractivity contribution in [3.05, 3.63) is 101 Å². The second-order valence-electron chi connectivity index (χ2n) is 12.0. The molecule has 13 heteroatoms. The molecule has 3 aromatic heterocycles. The van der Waals surface area contributed by atoms with Crippen molar-refractivity contribution in [2.45, 2.75) is 6.42 Å². The third kappa shape index (κ3) is 7.05. The molecule has 0 spiro atoms. The molecule has 2 N–H and O–H groups in total. The van der Waals surface area contributed by atoms with Crippen molar-refractivity contribution >= 4 is 33.3 Å². The van der Waals surface area contributed by atoms with E-state index in [1.165, 1.54) is 48.9 Å². The summed E-state index contributed by atoms with van der Waals surface area (Å²) in [6.07, 6.45) is 5.30. The van der Waals surface area contributed by atoms with Gasteiger partial charge in [-0.15, -0.1) is 0 Å². The smallest absolute Gasteiger partial charge is 0.230 e. The van der Waals surface area contributed by atoms with Crippen LogP contribution in [-0.2, 0) is 0 Å². The normalized spacial score (nSPS) is 13.8. The fraction of sp³-hybridized carbons (Fsp3) is 0.243. The summed E-state index contributed by atoms with van der Waals surface area (Å²) in [5.41, 5.74) is 2.00. The Balaban J connectivity index is 1.09. The van der Waals surface area contributed by atoms with Crippen LogP contribution < -0.4 is 25.0 Å². The van der Waals surface area contributed by atoms with Gasteiger partial charge in [-0.05, 0) is 55.4 Å². The molecule has 1 fully saturated rings. The van der Waals surface area contributed by atoms with Gasteiger partial charge in [0, 0.05) is 68.5 Å². The van der Waals surface area contributed by atoms with E-state index in [1.807, 2.05) is 0 Å². The molecule has 4 heterocycles. The van der Waals surface area contributed by atoms with Gasteiger partial charge in [-0.1, -0.05) is 12.1 Å². The molecule has 6 aromatic rings. The molecule has 0 aliphatic carbocycles. The van der Waals surface area contributed by atoms with E-state index < -0.39 is 11.6 Å². The molecule has 0 saturated carbocycles. The molecule has 0 radical (unpaired) electrons. The van der Waals surface area contributed by atoms with E-state index in [2.05, 4.69) is 42.1 Å². The number of aromatic nitrogens is 4. The zero-order valence-corrected chi connectivity index (χ0v) is 27.6. The summed E-state index contributed by atoms with van der Waals surface area (Å²) in [6, 6.07) is 15.1. The van der Waals surface area contributed by atoms with Crippen LogP contribution >= 0.6 is 0 Å². The predicted octanol–water partition coefficient (Wildman–Crippen LogP) is 6.37. The minimum absolute atomic E-state index is 0.0664. The van der Waals surface area contributed by atoms with Crippen LogP contribution in [-0.4, -0.2) is 83.2 Å². The molecule has 7 rings (SSSR count). The van der Waals surface area contributed by atoms with Gasteiger partial charge in [-0.2, -0.15) is 0 Å². The second kappa shape index (κ2) is 14.4. The van der Waals surface area contributed by atoms with E-state index in [1.54, 1.807) is 37.6 Å². The Morgan fingerprint density at radius 1 is 0.920 bits per heavy atom. The van der Waals surface area contributed by atoms with Crippen LogP contribution in [0.5, 0.6) is 23.1 Å². The number of halogens is 2. The van der Waals surface area contributed by atoms with Crippen molar-refractivity contribution < 1.29 is 23.0 Å². The number of pyridine rings is 2. The number of nitrogens with zero attached hydrogens (tertiary/aromatic N) is 5. The zero-order chi connectivity index (χ0) is 34.6. The summed E-state index contributed by atoms with van der Waals surface area (Å²) in [4.78, 5) is 34.4. The minimum atomic E-state index is -0.670. The highest BCUT2D eigenvalue weighted by atomic mass is 19.1. The van der Waals surface area contributed by atoms with E-state index >= 15 is 4.39 Å². The molecular formula is C37H35F2N7O4. The Morgan fingerprint density at radius 3 is 2.52 bits per heavy atom. The first-order valence-corrected chi connectivity index (χ1v) is 16.2. The standard InChI is InChI=1S/C37H35F2N7O4/c1-45-13-15-46(16-14-45)12-3-17-49-33-19-26-30(20-32(33)48-2)42-22-43-37(26)50-31-9-8-25(18-28(31)39)44-36-34-29(10-11-40-36)41-21-27(35(34)47)23-4-6-24(38)7-5-23/h4-11,18-22H,3,12-17H2,1-2H3,(H,40,44)(H,41,47). The van der Waals surface area contributed by atoms with Gasteiger partial charge in [0.15, 0.2) is 23.1 Å². The highest BCUT2D eigenvalue weighted by Crippen LogP contribution is 2.37. The van der Waals surface area contributed by atoms with Crippen LogP contribution in [0, 0.1) is 11.6 Å². The lowest BCUT2D eigenvalue weighted by Crippen LogP contribution is -2.44. The van der Waals surface area contributed by atoms with Crippen molar-refractivity contribution in [2.75, 3.05) is 58.8 Å². The lowest BCUT2D eigenvalue weighted by atomic mass is 10.0. The number of aromatic amines is 1. The molecule has 1 aliphatic rings. The number of benzene rings is 3. The monoisotopic (exact) mass is 679 g/mol. The summed E-state index contributed by atoms with van der Waals surface area (Å²) >= 11 is 0. The first-order chi connectivity index (χ1) is 24.4. The molecule has 0 amide bonds. The summed E-state index contributed by atoms with van der Waals surface area (Å²) < 4.78 is 46.7. The van der Waals surface area contributed by atoms with E-state index in [9.17, 15) is 9.18 Å². The first kappa shape index (κ1) is 32.9. The number of hydrogen-bond donors (Lipinski definition) is 2. The number of hydrogen-bond acceptors (Lipinski definition) is 10. The van der Waals surface area contributed by atoms with Crippen LogP contribution in [0.25, 0.3) is 32.9 Å². The van der Waals surface area contributed by atoms with Gasteiger partial charge >= 0.3 is 0 Å². The van der Waals surface area contributed by atoms with E-state index in [4.69, 9.17) is 14.2 Å². The van der Waals surface area contributed by atoms with Crippen molar-refractivity contribution in [1.29, 1.82) is 0 Å². The molecule has 0 unspecified atom stereocenters. The Hall–Kier alpha value is -5.66. The Labute approximate surface area is 286 Å². The SMILES string of the molecule is COc1cc2ncnc(Oc3ccc(Nc4nccc5[nH]cc(-c6ccc(F)cc6)c(=O)c45)cc3F)c2cc1OCCCN1CCN(C)CC1. The fourth-order valence-corrected chi connectivity index (χ4v) is 5.94. The van der Waals surface area contributed by atoms with Crippen molar-refractivity contribution in [3.8, 4) is 34.3 Å². The summed E-state index contributed by atoms with van der Waals surface area (Å²) in [7, 11) is 3.70. The Morgan fingerprint density at radius 2 is 1.74 bits per heavy atom. The molecule has 3 aromatic carbocycles. The number of methoxy groups -OCH3 is 1. The minimum Gasteiger partial charge on any atom is -0.493 e. The average Bonchev–Trinajstić information content (AvgIpc) is 3.12. The van der Waals surface area contributed by atoms with Crippen molar-refractivity contribution in [2.24, 2.45) is 0 Å². The van der Waals surface area contributed by atoms with Gasteiger partial charge in [0.2, 0.25) is 11.3 Å². The molecular weight excluding hydrogens is 644 g/mol. The number of ether oxygens (including phenoxy) is 3. The lowest BCUT2D eigenvalue weighted by Gasteiger charge is -2.32. The number of piperazine rings is 1. The second-order valence-corrected chi connectivity index (χ2v) is 12.0. The average molecular weight is 680 g/mol. The molecule has 1 aliphatic heterocycles. The topological polar surface area (TPSA) is 118 Å². The van der Waals surface area contributed by atoms with Crippen LogP contribution in [0.4, 0.5) is 20.3 Å². The number of rotatable bonds is 11. The van der Waals surface area contributed by atoms with E-state index in [-0.39, 0.29) is 28.3 Å². The van der Waals surface area contributed by atoms with Crippen LogP contribution in [0.2, 0.25) is 0 Å². The maximum absolute atomic E-state index is 15.5. The fourth-order valence-electron chi connectivity index (χ4n) is 5.94. The first-order valence-electron chi connectivity index (χ1n) is 16.2. The molecule has 0 atom stereocenters. The van der Waals surface area contributed by atoms with Gasteiger partial charge in [0.05, 0.1) is 35.5 Å². The Bertz CT molecular complexity index is 2210. The van der Waals surface area contributed by atoms with Gasteiger partial charge in [0.25, 0.3) is 0 Å². The predicted molar refractivity (Wildman–Crippen MR) is 188 cm³/mol. The summed E-state index contributed by atoms with van der Waals surface area (Å²) in [6.45, 7) is 5.64. The lowest BCUT2D eigenvalue weighted by molar-refractivity contribution is 0.145. The maximum atomic E-state index is 15.5. The molecule has 256 valence electrons. The number of fused-ring (bicyclic) bond motifs is 2. The summed E-state index contributed by atoms with van der Waals surface area (Å²) in [5.74, 6) is 0.272. The van der Waals surface area contributed by atoms with Gasteiger partial charge < -0.3 is 34.3 Å². The maximum Gasteiger partial charge on any atom is 0.230 e. The third-order valence-electron chi connectivity index (χ3n) is 8.71. The molecule has 50 heavy (non-hydrogen) atoms. The number of H-pyrrole nitrogens is 1. The molecule has 11 nitrogen and oxygen atoms in total. The molecule has 0 bridgehead atoms. The van der Waals surface area contributed by atoms with Crippen LogP contribution in [0.3, 0.4) is 0 Å². The highest BCUT2D eigenvalue weighted by molar-refractivity contribution is 5.93. The highest BCUT2D eigenvalue weighted by Gasteiger charge is 2.18. The zero-order valence-electron chi connectivity index (χ0n) is 27.6. The van der Waals surface area contributed by atoms with Gasteiger partial charge in [0.1, 0.15) is 18.0 Å². The van der Waals surface area contributed by atoms with Gasteiger partial charge in [-0.3, -0.25) is 4.79 Å². The number of nitrogens with one attached hydrogen (secondary N) is 2. The van der Waals surface area contributed by atoms with Crippen LogP contribution in [0.15, 0.2) is 84.2 Å². The van der Waals surface area contributed by atoms with E-state index in [0.717, 1.165) is 39.1 Å². The van der Waals surface area contributed by atoms with Crippen molar-refractivity contribution in [3.63, 3.8) is 0 Å². The van der Waals surface area contributed by atoms with Gasteiger partial charge in [-0.25, -0.2) is 23.7 Å².